The molecule has 27 heavy (non-hydrogen) atoms. The Morgan fingerprint density at radius 3 is 2.52 bits per heavy atom. The Labute approximate surface area is 155 Å². The van der Waals surface area contributed by atoms with E-state index in [1.165, 1.54) is 16.8 Å². The van der Waals surface area contributed by atoms with Crippen molar-refractivity contribution in [2.24, 2.45) is 7.05 Å². The summed E-state index contributed by atoms with van der Waals surface area (Å²) in [5.74, 6) is -0.864. The van der Waals surface area contributed by atoms with Gasteiger partial charge < -0.3 is 5.32 Å². The van der Waals surface area contributed by atoms with E-state index in [2.05, 4.69) is 15.4 Å². The van der Waals surface area contributed by atoms with E-state index in [0.29, 0.717) is 28.6 Å². The first kappa shape index (κ1) is 17.3. The molecule has 2 heterocycles. The van der Waals surface area contributed by atoms with Crippen LogP contribution in [0.1, 0.15) is 40.5 Å². The van der Waals surface area contributed by atoms with Crippen molar-refractivity contribution in [2.75, 3.05) is 5.32 Å². The number of pyridine rings is 1. The quantitative estimate of drug-likeness (QED) is 0.751. The summed E-state index contributed by atoms with van der Waals surface area (Å²) in [6, 6.07) is 8.39. The number of nitrogens with one attached hydrogen (secondary N) is 1. The normalized spacial score (nSPS) is 13.6. The Morgan fingerprint density at radius 2 is 1.85 bits per heavy atom. The minimum atomic E-state index is -0.680. The predicted molar refractivity (Wildman–Crippen MR) is 97.5 cm³/mol. The van der Waals surface area contributed by atoms with Crippen LogP contribution in [-0.4, -0.2) is 20.7 Å². The maximum atomic E-state index is 13.5. The first-order chi connectivity index (χ1) is 12.9. The van der Waals surface area contributed by atoms with E-state index in [4.69, 9.17) is 0 Å². The molecule has 1 saturated carbocycles. The van der Waals surface area contributed by atoms with Crippen molar-refractivity contribution in [3.8, 4) is 11.3 Å². The molecule has 0 saturated heterocycles. The van der Waals surface area contributed by atoms with Crippen molar-refractivity contribution in [3.63, 3.8) is 0 Å². The van der Waals surface area contributed by atoms with E-state index in [9.17, 15) is 13.6 Å². The molecule has 0 unspecified atom stereocenters. The Bertz CT molecular complexity index is 1020. The summed E-state index contributed by atoms with van der Waals surface area (Å²) < 4.78 is 28.4. The highest BCUT2D eigenvalue weighted by Crippen LogP contribution is 2.40. The zero-order chi connectivity index (χ0) is 19.1. The van der Waals surface area contributed by atoms with Gasteiger partial charge in [0, 0.05) is 36.4 Å². The average molecular weight is 368 g/mol. The van der Waals surface area contributed by atoms with Gasteiger partial charge in [-0.2, -0.15) is 5.10 Å². The Morgan fingerprint density at radius 1 is 1.15 bits per heavy atom. The number of carbonyl (C=O) groups is 1. The van der Waals surface area contributed by atoms with Crippen LogP contribution in [0.2, 0.25) is 0 Å². The highest BCUT2D eigenvalue weighted by atomic mass is 19.1. The molecule has 1 fully saturated rings. The molecule has 0 atom stereocenters. The van der Waals surface area contributed by atoms with E-state index in [1.807, 2.05) is 13.0 Å². The number of halogens is 2. The lowest BCUT2D eigenvalue weighted by Gasteiger charge is -2.09. The molecule has 138 valence electrons. The molecule has 0 aliphatic heterocycles. The van der Waals surface area contributed by atoms with Crippen LogP contribution in [0.3, 0.4) is 0 Å². The molecule has 1 aliphatic carbocycles. The second kappa shape index (κ2) is 6.57. The van der Waals surface area contributed by atoms with Crippen LogP contribution in [-0.2, 0) is 7.05 Å². The van der Waals surface area contributed by atoms with Crippen LogP contribution in [0.25, 0.3) is 11.3 Å². The molecule has 7 heteroatoms. The van der Waals surface area contributed by atoms with Gasteiger partial charge in [0.05, 0.1) is 17.0 Å². The second-order valence-electron chi connectivity index (χ2n) is 6.81. The average Bonchev–Trinajstić information content (AvgIpc) is 3.38. The van der Waals surface area contributed by atoms with Crippen molar-refractivity contribution in [2.45, 2.75) is 25.7 Å². The predicted octanol–water partition coefficient (Wildman–Crippen LogP) is 4.20. The molecule has 0 bridgehead atoms. The minimum Gasteiger partial charge on any atom is -0.307 e. The van der Waals surface area contributed by atoms with Crippen LogP contribution in [0, 0.1) is 18.6 Å². The third-order valence-corrected chi connectivity index (χ3v) is 4.55. The Kier molecular flexibility index (Phi) is 4.22. The number of anilines is 1. The lowest BCUT2D eigenvalue weighted by Crippen LogP contribution is -2.17. The molecular formula is C20H18F2N4O. The van der Waals surface area contributed by atoms with Gasteiger partial charge in [-0.25, -0.2) is 8.78 Å². The van der Waals surface area contributed by atoms with Gasteiger partial charge in [-0.15, -0.1) is 0 Å². The summed E-state index contributed by atoms with van der Waals surface area (Å²) in [5, 5.41) is 7.07. The zero-order valence-corrected chi connectivity index (χ0v) is 15.0. The largest absolute Gasteiger partial charge is 0.307 e. The number of aromatic nitrogens is 3. The SMILES string of the molecule is Cc1ccc(C(=O)Nc2cc(-c3cc(F)cc(F)c3)nn2C)c(C2CC2)n1. The Hall–Kier alpha value is -3.09. The third-order valence-electron chi connectivity index (χ3n) is 4.55. The summed E-state index contributed by atoms with van der Waals surface area (Å²) in [6.07, 6.45) is 2.08. The zero-order valence-electron chi connectivity index (χ0n) is 15.0. The highest BCUT2D eigenvalue weighted by Gasteiger charge is 2.30. The number of hydrogen-bond acceptors (Lipinski definition) is 3. The Balaban J connectivity index is 1.62. The van der Waals surface area contributed by atoms with Gasteiger partial charge in [0.2, 0.25) is 0 Å². The van der Waals surface area contributed by atoms with Crippen LogP contribution in [0.15, 0.2) is 36.4 Å². The van der Waals surface area contributed by atoms with Gasteiger partial charge >= 0.3 is 0 Å². The van der Waals surface area contributed by atoms with Crippen LogP contribution in [0.4, 0.5) is 14.6 Å². The number of benzene rings is 1. The smallest absolute Gasteiger partial charge is 0.258 e. The molecule has 1 N–H and O–H groups in total. The fourth-order valence-corrected chi connectivity index (χ4v) is 3.05. The molecule has 3 aromatic rings. The molecule has 4 rings (SSSR count). The standard InChI is InChI=1S/C20H18F2N4O/c1-11-3-6-16(19(23-11)12-4-5-12)20(27)24-18-10-17(25-26(18)2)13-7-14(21)9-15(22)8-13/h3,6-10,12H,4-5H2,1-2H3,(H,24,27). The topological polar surface area (TPSA) is 59.8 Å². The van der Waals surface area contributed by atoms with Crippen molar-refractivity contribution in [1.29, 1.82) is 0 Å². The first-order valence-electron chi connectivity index (χ1n) is 8.70. The number of carbonyl (C=O) groups excluding carboxylic acids is 1. The van der Waals surface area contributed by atoms with Crippen molar-refractivity contribution in [1.82, 2.24) is 14.8 Å². The number of amides is 1. The highest BCUT2D eigenvalue weighted by molar-refractivity contribution is 6.05. The van der Waals surface area contributed by atoms with Gasteiger partial charge in [-0.3, -0.25) is 14.5 Å². The summed E-state index contributed by atoms with van der Waals surface area (Å²) in [4.78, 5) is 17.3. The first-order valence-corrected chi connectivity index (χ1v) is 8.70. The van der Waals surface area contributed by atoms with Crippen LogP contribution in [0.5, 0.6) is 0 Å². The lowest BCUT2D eigenvalue weighted by atomic mass is 10.1. The summed E-state index contributed by atoms with van der Waals surface area (Å²) in [6.45, 7) is 1.90. The molecule has 0 spiro atoms. The molecule has 2 aromatic heterocycles. The summed E-state index contributed by atoms with van der Waals surface area (Å²) in [5.41, 5.74) is 2.92. The van der Waals surface area contributed by atoms with Crippen molar-refractivity contribution in [3.05, 3.63) is 65.0 Å². The van der Waals surface area contributed by atoms with E-state index in [1.54, 1.807) is 19.2 Å². The number of hydrogen-bond donors (Lipinski definition) is 1. The molecule has 1 aromatic carbocycles. The minimum absolute atomic E-state index is 0.274. The maximum Gasteiger partial charge on any atom is 0.258 e. The molecular weight excluding hydrogens is 350 g/mol. The fraction of sp³-hybridized carbons (Fsp3) is 0.250. The fourth-order valence-electron chi connectivity index (χ4n) is 3.05. The molecule has 1 aliphatic rings. The van der Waals surface area contributed by atoms with Crippen molar-refractivity contribution < 1.29 is 13.6 Å². The van der Waals surface area contributed by atoms with Crippen molar-refractivity contribution >= 4 is 11.7 Å². The molecule has 0 radical (unpaired) electrons. The number of nitrogens with zero attached hydrogens (tertiary/aromatic N) is 3. The summed E-state index contributed by atoms with van der Waals surface area (Å²) >= 11 is 0. The number of rotatable bonds is 4. The van der Waals surface area contributed by atoms with E-state index < -0.39 is 11.6 Å². The maximum absolute atomic E-state index is 13.5. The second-order valence-corrected chi connectivity index (χ2v) is 6.81. The van der Waals surface area contributed by atoms with Gasteiger partial charge in [0.25, 0.3) is 5.91 Å². The molecule has 5 nitrogen and oxygen atoms in total. The molecule has 1 amide bonds. The van der Waals surface area contributed by atoms with Crippen LogP contribution < -0.4 is 5.32 Å². The van der Waals surface area contributed by atoms with Gasteiger partial charge in [-0.1, -0.05) is 0 Å². The van der Waals surface area contributed by atoms with Crippen LogP contribution >= 0.6 is 0 Å². The monoisotopic (exact) mass is 368 g/mol. The summed E-state index contributed by atoms with van der Waals surface area (Å²) in [7, 11) is 1.66. The number of aryl methyl sites for hydroxylation is 2. The van der Waals surface area contributed by atoms with Gasteiger partial charge in [0.15, 0.2) is 0 Å². The lowest BCUT2D eigenvalue weighted by molar-refractivity contribution is 0.102. The van der Waals surface area contributed by atoms with Gasteiger partial charge in [0.1, 0.15) is 17.5 Å². The van der Waals surface area contributed by atoms with E-state index in [0.717, 1.165) is 30.3 Å². The van der Waals surface area contributed by atoms with E-state index in [-0.39, 0.29) is 5.91 Å². The van der Waals surface area contributed by atoms with E-state index >= 15 is 0 Å². The van der Waals surface area contributed by atoms with Gasteiger partial charge in [-0.05, 0) is 44.0 Å². The third kappa shape index (κ3) is 3.58.